The lowest BCUT2D eigenvalue weighted by Gasteiger charge is -2.46. The average Bonchev–Trinajstić information content (AvgIpc) is 3.36. The van der Waals surface area contributed by atoms with Crippen LogP contribution in [0.1, 0.15) is 39.2 Å². The van der Waals surface area contributed by atoms with Crippen LogP contribution >= 0.6 is 11.3 Å². The Morgan fingerprint density at radius 2 is 1.80 bits per heavy atom. The van der Waals surface area contributed by atoms with Gasteiger partial charge in [0.25, 0.3) is 0 Å². The minimum atomic E-state index is -3.88. The topological polar surface area (TPSA) is 150 Å². The molecule has 0 saturated heterocycles. The van der Waals surface area contributed by atoms with Crippen LogP contribution in [0.15, 0.2) is 76.1 Å². The number of hydrogen-bond donors (Lipinski definition) is 3. The molecule has 3 atom stereocenters. The smallest absolute Gasteiger partial charge is 0.336 e. The summed E-state index contributed by atoms with van der Waals surface area (Å²) in [6.07, 6.45) is 0. The molecule has 4 N–H and O–H groups in total. The number of carbonyl (C=O) groups is 2. The third kappa shape index (κ3) is 6.03. The van der Waals surface area contributed by atoms with Crippen LogP contribution in [0.3, 0.4) is 0 Å². The zero-order valence-corrected chi connectivity index (χ0v) is 24.3. The fourth-order valence-corrected chi connectivity index (χ4v) is 6.40. The summed E-state index contributed by atoms with van der Waals surface area (Å²) in [6, 6.07) is 15.5. The van der Waals surface area contributed by atoms with Gasteiger partial charge < -0.3 is 20.1 Å². The third-order valence-corrected chi connectivity index (χ3v) is 8.31. The molecule has 0 amide bonds. The Morgan fingerprint density at radius 1 is 1.10 bits per heavy atom. The monoisotopic (exact) mass is 584 g/mol. The maximum atomic E-state index is 13.6. The van der Waals surface area contributed by atoms with E-state index in [0.717, 1.165) is 5.56 Å². The Bertz CT molecular complexity index is 1540. The number of thiazole rings is 1. The Hall–Kier alpha value is -3.74. The second-order valence-corrected chi connectivity index (χ2v) is 11.9. The summed E-state index contributed by atoms with van der Waals surface area (Å²) in [6.45, 7) is 7.40. The molecule has 212 valence electrons. The summed E-state index contributed by atoms with van der Waals surface area (Å²) in [7, 11) is -3.88. The summed E-state index contributed by atoms with van der Waals surface area (Å²) >= 11 is 1.29. The van der Waals surface area contributed by atoms with Crippen LogP contribution in [0.2, 0.25) is 0 Å². The number of carbonyl (C=O) groups excluding carboxylic acids is 2. The summed E-state index contributed by atoms with van der Waals surface area (Å²) in [5.74, 6) is -2.57. The number of ether oxygens (including phenoxy) is 2. The zero-order valence-electron chi connectivity index (χ0n) is 22.6. The van der Waals surface area contributed by atoms with Crippen molar-refractivity contribution in [1.29, 1.82) is 0 Å². The van der Waals surface area contributed by atoms with Gasteiger partial charge in [-0.1, -0.05) is 42.5 Å². The molecule has 4 rings (SSSR count). The molecule has 2 aromatic carbocycles. The highest BCUT2D eigenvalue weighted by Gasteiger charge is 2.53. The molecule has 10 nitrogen and oxygen atoms in total. The van der Waals surface area contributed by atoms with Gasteiger partial charge >= 0.3 is 11.9 Å². The molecule has 0 saturated carbocycles. The minimum Gasteiger partial charge on any atom is -0.466 e. The number of sulfonamides is 1. The molecule has 3 aromatic rings. The van der Waals surface area contributed by atoms with Crippen LogP contribution < -0.4 is 15.8 Å². The van der Waals surface area contributed by atoms with E-state index in [1.54, 1.807) is 38.3 Å². The molecular weight excluding hydrogens is 552 g/mol. The number of hydrogen-bond acceptors (Lipinski definition) is 10. The number of nitrogens with zero attached hydrogens (tertiary/aromatic N) is 1. The Morgan fingerprint density at radius 3 is 2.45 bits per heavy atom. The van der Waals surface area contributed by atoms with Gasteiger partial charge in [-0.2, -0.15) is 0 Å². The highest BCUT2D eigenvalue weighted by molar-refractivity contribution is 7.89. The van der Waals surface area contributed by atoms with Crippen molar-refractivity contribution in [3.63, 3.8) is 0 Å². The first-order valence-electron chi connectivity index (χ1n) is 12.7. The summed E-state index contributed by atoms with van der Waals surface area (Å²) in [5, 5.41) is 14.2. The molecule has 1 aliphatic rings. The number of nitrogens with one attached hydrogen (secondary N) is 2. The van der Waals surface area contributed by atoms with Crippen LogP contribution in [0.4, 0.5) is 5.13 Å². The molecule has 3 unspecified atom stereocenters. The van der Waals surface area contributed by atoms with E-state index in [9.17, 15) is 18.0 Å². The van der Waals surface area contributed by atoms with E-state index >= 15 is 0 Å². The van der Waals surface area contributed by atoms with Crippen LogP contribution in [0.5, 0.6) is 0 Å². The average molecular weight is 585 g/mol. The maximum Gasteiger partial charge on any atom is 0.336 e. The SMILES string of the molecule is CCOC(=O)C1=C(C)NC(C)(Nc2nc(-c3cccc(S(N)(=O)=O)c3)cs2)C(C(=O)OCC)C1c1ccccc1. The second-order valence-electron chi connectivity index (χ2n) is 9.44. The molecule has 0 aliphatic carbocycles. The molecular formula is C28H32N4O6S2. The van der Waals surface area contributed by atoms with Gasteiger partial charge in [-0.3, -0.25) is 4.79 Å². The van der Waals surface area contributed by atoms with E-state index in [1.165, 1.54) is 23.5 Å². The number of allylic oxidation sites excluding steroid dienone is 1. The van der Waals surface area contributed by atoms with Crippen molar-refractivity contribution in [2.45, 2.75) is 44.2 Å². The summed E-state index contributed by atoms with van der Waals surface area (Å²) in [5.41, 5.74) is 1.64. The van der Waals surface area contributed by atoms with Crippen molar-refractivity contribution in [3.8, 4) is 11.3 Å². The van der Waals surface area contributed by atoms with Crippen LogP contribution in [0.25, 0.3) is 11.3 Å². The predicted octanol–water partition coefficient (Wildman–Crippen LogP) is 3.99. The number of esters is 2. The highest BCUT2D eigenvalue weighted by atomic mass is 32.2. The lowest BCUT2D eigenvalue weighted by atomic mass is 9.71. The van der Waals surface area contributed by atoms with Crippen molar-refractivity contribution in [2.75, 3.05) is 18.5 Å². The first-order valence-corrected chi connectivity index (χ1v) is 15.2. The van der Waals surface area contributed by atoms with Crippen molar-refractivity contribution >= 4 is 38.4 Å². The molecule has 1 aliphatic heterocycles. The van der Waals surface area contributed by atoms with Crippen molar-refractivity contribution in [2.24, 2.45) is 11.1 Å². The van der Waals surface area contributed by atoms with Gasteiger partial charge in [-0.15, -0.1) is 11.3 Å². The van der Waals surface area contributed by atoms with Gasteiger partial charge in [-0.05, 0) is 45.4 Å². The van der Waals surface area contributed by atoms with Crippen LogP contribution in [-0.2, 0) is 29.1 Å². The zero-order chi connectivity index (χ0) is 29.1. The Balaban J connectivity index is 1.79. The molecule has 2 heterocycles. The fourth-order valence-electron chi connectivity index (χ4n) is 5.01. The number of rotatable bonds is 9. The number of anilines is 1. The third-order valence-electron chi connectivity index (χ3n) is 6.64. The van der Waals surface area contributed by atoms with Gasteiger partial charge in [0.15, 0.2) is 5.13 Å². The summed E-state index contributed by atoms with van der Waals surface area (Å²) in [4.78, 5) is 31.4. The van der Waals surface area contributed by atoms with Gasteiger partial charge in [0, 0.05) is 22.6 Å². The van der Waals surface area contributed by atoms with Crippen LogP contribution in [-0.4, -0.2) is 44.2 Å². The first kappa shape index (κ1) is 29.2. The fraction of sp³-hybridized carbons (Fsp3) is 0.321. The largest absolute Gasteiger partial charge is 0.466 e. The van der Waals surface area contributed by atoms with E-state index in [-0.39, 0.29) is 18.1 Å². The Labute approximate surface area is 237 Å². The van der Waals surface area contributed by atoms with Crippen LogP contribution in [0, 0.1) is 5.92 Å². The number of aromatic nitrogens is 1. The highest BCUT2D eigenvalue weighted by Crippen LogP contribution is 2.45. The van der Waals surface area contributed by atoms with Crippen molar-refractivity contribution in [1.82, 2.24) is 10.3 Å². The van der Waals surface area contributed by atoms with E-state index in [0.29, 0.717) is 27.7 Å². The number of primary sulfonamides is 1. The van der Waals surface area contributed by atoms with E-state index in [1.807, 2.05) is 37.3 Å². The number of nitrogens with two attached hydrogens (primary N) is 1. The second kappa shape index (κ2) is 11.8. The van der Waals surface area contributed by atoms with Crippen molar-refractivity contribution < 1.29 is 27.5 Å². The van der Waals surface area contributed by atoms with E-state index < -0.39 is 39.5 Å². The quantitative estimate of drug-likeness (QED) is 0.317. The first-order chi connectivity index (χ1) is 19.0. The molecule has 0 fully saturated rings. The van der Waals surface area contributed by atoms with E-state index in [4.69, 9.17) is 14.6 Å². The summed E-state index contributed by atoms with van der Waals surface area (Å²) < 4.78 is 34.6. The van der Waals surface area contributed by atoms with Gasteiger partial charge in [0.05, 0.1) is 29.4 Å². The predicted molar refractivity (Wildman–Crippen MR) is 153 cm³/mol. The normalized spacial score (nSPS) is 20.9. The molecule has 1 aromatic heterocycles. The molecule has 0 radical (unpaired) electrons. The lowest BCUT2D eigenvalue weighted by Crippen LogP contribution is -2.62. The standard InChI is InChI=1S/C28H32N4O6S2/c1-5-37-25(33)22-17(3)31-28(4,24(26(34)38-6-2)23(22)18-11-8-7-9-12-18)32-27-30-21(16-39-27)19-13-10-14-20(15-19)40(29,35)36/h7-16,23-24,31H,5-6H2,1-4H3,(H,30,32)(H2,29,35,36). The molecule has 40 heavy (non-hydrogen) atoms. The Kier molecular flexibility index (Phi) is 8.62. The molecule has 12 heteroatoms. The van der Waals surface area contributed by atoms with E-state index in [2.05, 4.69) is 15.6 Å². The maximum absolute atomic E-state index is 13.6. The van der Waals surface area contributed by atoms with Gasteiger partial charge in [0.2, 0.25) is 10.0 Å². The van der Waals surface area contributed by atoms with Crippen molar-refractivity contribution in [3.05, 3.63) is 76.8 Å². The lowest BCUT2D eigenvalue weighted by molar-refractivity contribution is -0.152. The molecule has 0 bridgehead atoms. The number of benzene rings is 2. The van der Waals surface area contributed by atoms with Gasteiger partial charge in [-0.25, -0.2) is 23.3 Å². The molecule has 0 spiro atoms. The minimum absolute atomic E-state index is 0.0197. The van der Waals surface area contributed by atoms with Gasteiger partial charge in [0.1, 0.15) is 11.6 Å².